The Morgan fingerprint density at radius 2 is 1.76 bits per heavy atom. The van der Waals surface area contributed by atoms with Crippen molar-refractivity contribution in [2.24, 2.45) is 0 Å². The van der Waals surface area contributed by atoms with Crippen LogP contribution in [0.1, 0.15) is 27.4 Å². The smallest absolute Gasteiger partial charge is 0.274 e. The number of nitrogens with zero attached hydrogens (tertiary/aromatic N) is 2. The lowest BCUT2D eigenvalue weighted by molar-refractivity contribution is 0.0941. The van der Waals surface area contributed by atoms with E-state index in [0.29, 0.717) is 17.1 Å². The molecule has 0 aliphatic carbocycles. The summed E-state index contributed by atoms with van der Waals surface area (Å²) in [7, 11) is 0. The number of hydrogen-bond donors (Lipinski definition) is 3. The van der Waals surface area contributed by atoms with Gasteiger partial charge in [0.25, 0.3) is 11.8 Å². The van der Waals surface area contributed by atoms with E-state index in [2.05, 4.69) is 15.3 Å². The zero-order chi connectivity index (χ0) is 20.4. The molecule has 2 aromatic carbocycles. The number of nitrogens with one attached hydrogen (secondary N) is 1. The molecule has 3 N–H and O–H groups in total. The highest BCUT2D eigenvalue weighted by Crippen LogP contribution is 2.33. The third kappa shape index (κ3) is 4.03. The Balaban J connectivity index is 1.51. The zero-order valence-corrected chi connectivity index (χ0v) is 15.1. The Hall–Kier alpha value is -3.88. The van der Waals surface area contributed by atoms with E-state index in [1.54, 1.807) is 18.2 Å². The number of halogens is 1. The SMILES string of the molecule is O=C(NCc1ccc(F)cc1)c1nc(Cc2ccc3c(c2)OCO3)nc(O)c1O. The molecule has 0 fully saturated rings. The summed E-state index contributed by atoms with van der Waals surface area (Å²) >= 11 is 0. The van der Waals surface area contributed by atoms with Gasteiger partial charge in [-0.05, 0) is 35.4 Å². The third-order valence-electron chi connectivity index (χ3n) is 4.29. The minimum atomic E-state index is -0.712. The van der Waals surface area contributed by atoms with Crippen LogP contribution in [-0.2, 0) is 13.0 Å². The fourth-order valence-electron chi connectivity index (χ4n) is 2.83. The average molecular weight is 397 g/mol. The van der Waals surface area contributed by atoms with Gasteiger partial charge in [0.15, 0.2) is 17.2 Å². The molecule has 1 aliphatic heterocycles. The van der Waals surface area contributed by atoms with Gasteiger partial charge in [-0.15, -0.1) is 0 Å². The first-order valence-electron chi connectivity index (χ1n) is 8.69. The Kier molecular flexibility index (Phi) is 4.86. The van der Waals surface area contributed by atoms with E-state index in [9.17, 15) is 19.4 Å². The van der Waals surface area contributed by atoms with Crippen molar-refractivity contribution in [2.75, 3.05) is 6.79 Å². The number of aromatic nitrogens is 2. The fraction of sp³-hybridized carbons (Fsp3) is 0.150. The van der Waals surface area contributed by atoms with Gasteiger partial charge in [0, 0.05) is 13.0 Å². The van der Waals surface area contributed by atoms with Crippen LogP contribution in [0.15, 0.2) is 42.5 Å². The van der Waals surface area contributed by atoms with E-state index in [4.69, 9.17) is 9.47 Å². The van der Waals surface area contributed by atoms with Gasteiger partial charge >= 0.3 is 0 Å². The molecular weight excluding hydrogens is 381 g/mol. The largest absolute Gasteiger partial charge is 0.501 e. The summed E-state index contributed by atoms with van der Waals surface area (Å²) in [5, 5.41) is 22.5. The fourth-order valence-corrected chi connectivity index (χ4v) is 2.83. The number of hydrogen-bond acceptors (Lipinski definition) is 7. The normalized spacial score (nSPS) is 12.0. The molecule has 29 heavy (non-hydrogen) atoms. The molecule has 0 atom stereocenters. The van der Waals surface area contributed by atoms with Gasteiger partial charge in [-0.1, -0.05) is 18.2 Å². The lowest BCUT2D eigenvalue weighted by Crippen LogP contribution is -2.24. The van der Waals surface area contributed by atoms with Crippen molar-refractivity contribution in [1.82, 2.24) is 15.3 Å². The van der Waals surface area contributed by atoms with Gasteiger partial charge in [0.1, 0.15) is 11.6 Å². The molecule has 0 spiro atoms. The first-order valence-corrected chi connectivity index (χ1v) is 8.69. The van der Waals surface area contributed by atoms with Gasteiger partial charge in [0.2, 0.25) is 12.5 Å². The summed E-state index contributed by atoms with van der Waals surface area (Å²) in [6.45, 7) is 0.245. The van der Waals surface area contributed by atoms with Crippen LogP contribution < -0.4 is 14.8 Å². The monoisotopic (exact) mass is 397 g/mol. The number of ether oxygens (including phenoxy) is 2. The molecule has 8 nitrogen and oxygen atoms in total. The van der Waals surface area contributed by atoms with Gasteiger partial charge in [-0.3, -0.25) is 4.79 Å². The third-order valence-corrected chi connectivity index (χ3v) is 4.29. The molecule has 1 aromatic heterocycles. The average Bonchev–Trinajstić information content (AvgIpc) is 3.18. The first-order chi connectivity index (χ1) is 14.0. The Morgan fingerprint density at radius 1 is 1.03 bits per heavy atom. The van der Waals surface area contributed by atoms with E-state index < -0.39 is 17.5 Å². The van der Waals surface area contributed by atoms with Crippen molar-refractivity contribution in [1.29, 1.82) is 0 Å². The van der Waals surface area contributed by atoms with Gasteiger partial charge in [-0.25, -0.2) is 9.37 Å². The molecule has 2 heterocycles. The van der Waals surface area contributed by atoms with Crippen LogP contribution in [0.4, 0.5) is 4.39 Å². The standard InChI is InChI=1S/C20H16FN3O5/c21-13-4-1-11(2-5-13)9-22-19(26)17-18(25)20(27)24-16(23-17)8-12-3-6-14-15(7-12)29-10-28-14/h1-7,25H,8-10H2,(H,22,26)(H,23,24,27). The second kappa shape index (κ2) is 7.63. The topological polar surface area (TPSA) is 114 Å². The quantitative estimate of drug-likeness (QED) is 0.605. The second-order valence-electron chi connectivity index (χ2n) is 6.33. The minimum absolute atomic E-state index is 0.0980. The Morgan fingerprint density at radius 3 is 2.55 bits per heavy atom. The summed E-state index contributed by atoms with van der Waals surface area (Å²) in [6, 6.07) is 10.9. The van der Waals surface area contributed by atoms with Crippen LogP contribution in [0.5, 0.6) is 23.1 Å². The Labute approximate surface area is 164 Å². The van der Waals surface area contributed by atoms with E-state index in [1.807, 2.05) is 0 Å². The van der Waals surface area contributed by atoms with Crippen LogP contribution in [-0.4, -0.2) is 32.9 Å². The maximum Gasteiger partial charge on any atom is 0.274 e. The predicted octanol–water partition coefficient (Wildman–Crippen LogP) is 2.28. The molecule has 9 heteroatoms. The molecule has 4 rings (SSSR count). The van der Waals surface area contributed by atoms with E-state index in [-0.39, 0.29) is 37.1 Å². The Bertz CT molecular complexity index is 1070. The highest BCUT2D eigenvalue weighted by Gasteiger charge is 2.20. The van der Waals surface area contributed by atoms with E-state index in [0.717, 1.165) is 5.56 Å². The number of rotatable bonds is 5. The summed E-state index contributed by atoms with van der Waals surface area (Å²) in [6.07, 6.45) is 0.197. The summed E-state index contributed by atoms with van der Waals surface area (Å²) < 4.78 is 23.5. The van der Waals surface area contributed by atoms with Crippen LogP contribution in [0.2, 0.25) is 0 Å². The summed E-state index contributed by atoms with van der Waals surface area (Å²) in [5.74, 6) is -1.13. The van der Waals surface area contributed by atoms with Crippen molar-refractivity contribution in [2.45, 2.75) is 13.0 Å². The molecule has 0 saturated heterocycles. The van der Waals surface area contributed by atoms with Crippen LogP contribution >= 0.6 is 0 Å². The first kappa shape index (κ1) is 18.5. The van der Waals surface area contributed by atoms with Gasteiger partial charge in [-0.2, -0.15) is 4.98 Å². The number of carbonyl (C=O) groups is 1. The summed E-state index contributed by atoms with van der Waals surface area (Å²) in [4.78, 5) is 20.3. The van der Waals surface area contributed by atoms with Gasteiger partial charge < -0.3 is 25.0 Å². The predicted molar refractivity (Wildman–Crippen MR) is 98.3 cm³/mol. The molecule has 0 unspecified atom stereocenters. The zero-order valence-electron chi connectivity index (χ0n) is 15.1. The van der Waals surface area contributed by atoms with Crippen LogP contribution in [0, 0.1) is 5.82 Å². The molecule has 3 aromatic rings. The van der Waals surface area contributed by atoms with E-state index >= 15 is 0 Å². The number of benzene rings is 2. The molecular formula is C20H16FN3O5. The molecule has 148 valence electrons. The van der Waals surface area contributed by atoms with Crippen molar-refractivity contribution in [3.05, 3.63) is 70.9 Å². The lowest BCUT2D eigenvalue weighted by Gasteiger charge is -2.09. The van der Waals surface area contributed by atoms with Crippen molar-refractivity contribution in [3.63, 3.8) is 0 Å². The van der Waals surface area contributed by atoms with Crippen molar-refractivity contribution >= 4 is 5.91 Å². The number of fused-ring (bicyclic) bond motifs is 1. The molecule has 0 saturated carbocycles. The molecule has 1 aliphatic rings. The molecule has 1 amide bonds. The number of amides is 1. The maximum absolute atomic E-state index is 13.0. The van der Waals surface area contributed by atoms with Crippen molar-refractivity contribution < 1.29 is 28.9 Å². The van der Waals surface area contributed by atoms with Crippen molar-refractivity contribution in [3.8, 4) is 23.1 Å². The minimum Gasteiger partial charge on any atom is -0.501 e. The highest BCUT2D eigenvalue weighted by atomic mass is 19.1. The highest BCUT2D eigenvalue weighted by molar-refractivity contribution is 5.95. The number of carbonyl (C=O) groups excluding carboxylic acids is 1. The van der Waals surface area contributed by atoms with Gasteiger partial charge in [0.05, 0.1) is 0 Å². The van der Waals surface area contributed by atoms with Crippen LogP contribution in [0.25, 0.3) is 0 Å². The number of aromatic hydroxyl groups is 2. The van der Waals surface area contributed by atoms with E-state index in [1.165, 1.54) is 24.3 Å². The lowest BCUT2D eigenvalue weighted by atomic mass is 10.1. The summed E-state index contributed by atoms with van der Waals surface area (Å²) in [5.41, 5.74) is 1.09. The molecule has 0 radical (unpaired) electrons. The maximum atomic E-state index is 13.0. The molecule has 0 bridgehead atoms. The van der Waals surface area contributed by atoms with Crippen LogP contribution in [0.3, 0.4) is 0 Å². The second-order valence-corrected chi connectivity index (χ2v) is 6.33.